The van der Waals surface area contributed by atoms with Crippen LogP contribution in [0, 0.1) is 5.41 Å². The van der Waals surface area contributed by atoms with Crippen LogP contribution in [-0.4, -0.2) is 37.4 Å². The number of sulfonamides is 1. The molecule has 0 aliphatic rings. The molecule has 0 spiro atoms. The average Bonchev–Trinajstić information content (AvgIpc) is 2.34. The van der Waals surface area contributed by atoms with Crippen LogP contribution in [0.5, 0.6) is 0 Å². The zero-order valence-electron chi connectivity index (χ0n) is 13.0. The van der Waals surface area contributed by atoms with E-state index in [1.165, 1.54) is 16.4 Å². The summed E-state index contributed by atoms with van der Waals surface area (Å²) in [5.41, 5.74) is 0.693. The molecule has 0 aliphatic carbocycles. The molecule has 0 saturated carbocycles. The van der Waals surface area contributed by atoms with Gasteiger partial charge in [-0.15, -0.1) is 0 Å². The first-order chi connectivity index (χ1) is 9.52. The molecule has 1 N–H and O–H groups in total. The Morgan fingerprint density at radius 3 is 2.14 bits per heavy atom. The lowest BCUT2D eigenvalue weighted by Crippen LogP contribution is -2.34. The van der Waals surface area contributed by atoms with Crippen LogP contribution in [0.4, 0.5) is 0 Å². The second kappa shape index (κ2) is 6.58. The lowest BCUT2D eigenvalue weighted by molar-refractivity contribution is -0.136. The summed E-state index contributed by atoms with van der Waals surface area (Å²) in [7, 11) is -1.93. The van der Waals surface area contributed by atoms with Crippen molar-refractivity contribution in [1.82, 2.24) is 4.31 Å². The minimum absolute atomic E-state index is 0.0377. The second-order valence-corrected chi connectivity index (χ2v) is 8.40. The van der Waals surface area contributed by atoms with E-state index in [1.807, 2.05) is 20.8 Å². The maximum atomic E-state index is 12.4. The number of carboxylic acids is 1. The normalized spacial score (nSPS) is 12.6. The van der Waals surface area contributed by atoms with Crippen molar-refractivity contribution in [3.05, 3.63) is 29.8 Å². The third-order valence-electron chi connectivity index (χ3n) is 2.96. The van der Waals surface area contributed by atoms with E-state index in [9.17, 15) is 13.2 Å². The Bertz CT molecular complexity index is 585. The van der Waals surface area contributed by atoms with Gasteiger partial charge in [-0.05, 0) is 29.5 Å². The largest absolute Gasteiger partial charge is 0.481 e. The number of aryl methyl sites for hydroxylation is 1. The summed E-state index contributed by atoms with van der Waals surface area (Å²) in [4.78, 5) is 10.7. The van der Waals surface area contributed by atoms with Gasteiger partial charge >= 0.3 is 5.97 Å². The van der Waals surface area contributed by atoms with E-state index in [4.69, 9.17) is 5.11 Å². The van der Waals surface area contributed by atoms with Gasteiger partial charge in [0.15, 0.2) is 0 Å². The van der Waals surface area contributed by atoms with Crippen molar-refractivity contribution < 1.29 is 18.3 Å². The van der Waals surface area contributed by atoms with Crippen LogP contribution in [0.15, 0.2) is 29.2 Å². The van der Waals surface area contributed by atoms with E-state index >= 15 is 0 Å². The zero-order chi connectivity index (χ0) is 16.3. The van der Waals surface area contributed by atoms with E-state index in [0.29, 0.717) is 13.0 Å². The molecule has 0 aliphatic heterocycles. The van der Waals surface area contributed by atoms with Gasteiger partial charge in [0, 0.05) is 20.0 Å². The molecular weight excluding hydrogens is 290 g/mol. The molecule has 1 aromatic carbocycles. The highest BCUT2D eigenvalue weighted by molar-refractivity contribution is 7.89. The molecule has 21 heavy (non-hydrogen) atoms. The van der Waals surface area contributed by atoms with Gasteiger partial charge in [-0.3, -0.25) is 4.79 Å². The minimum atomic E-state index is -3.50. The molecular formula is C15H23NO4S. The lowest BCUT2D eigenvalue weighted by Gasteiger charge is -2.26. The van der Waals surface area contributed by atoms with Crippen molar-refractivity contribution in [3.8, 4) is 0 Å². The Labute approximate surface area is 126 Å². The first-order valence-corrected chi connectivity index (χ1v) is 8.23. The molecule has 0 radical (unpaired) electrons. The molecule has 0 unspecified atom stereocenters. The van der Waals surface area contributed by atoms with Crippen LogP contribution in [0.3, 0.4) is 0 Å². The quantitative estimate of drug-likeness (QED) is 0.875. The molecule has 0 amide bonds. The van der Waals surface area contributed by atoms with Gasteiger partial charge in [-0.2, -0.15) is 0 Å². The van der Waals surface area contributed by atoms with E-state index in [2.05, 4.69) is 0 Å². The number of hydrogen-bond acceptors (Lipinski definition) is 3. The molecule has 0 fully saturated rings. The van der Waals surface area contributed by atoms with Crippen molar-refractivity contribution in [2.75, 3.05) is 13.6 Å². The van der Waals surface area contributed by atoms with Crippen molar-refractivity contribution in [3.63, 3.8) is 0 Å². The van der Waals surface area contributed by atoms with Crippen LogP contribution < -0.4 is 0 Å². The molecule has 6 heteroatoms. The fourth-order valence-corrected chi connectivity index (χ4v) is 3.41. The Morgan fingerprint density at radius 1 is 1.19 bits per heavy atom. The molecule has 118 valence electrons. The number of carbonyl (C=O) groups is 1. The molecule has 0 saturated heterocycles. The number of carboxylic acid groups (broad SMARTS) is 1. The van der Waals surface area contributed by atoms with E-state index in [1.54, 1.807) is 19.2 Å². The second-order valence-electron chi connectivity index (χ2n) is 6.36. The van der Waals surface area contributed by atoms with Crippen molar-refractivity contribution in [2.24, 2.45) is 5.41 Å². The molecule has 0 atom stereocenters. The first-order valence-electron chi connectivity index (χ1n) is 6.79. The number of nitrogens with zero attached hydrogens (tertiary/aromatic N) is 1. The zero-order valence-corrected chi connectivity index (χ0v) is 13.8. The standard InChI is InChI=1S/C15H23NO4S/c1-15(2,3)11-16(4)21(19,20)13-8-5-12(6-9-13)7-10-14(17)18/h5-6,8-9H,7,10-11H2,1-4H3,(H,17,18). The molecule has 0 aromatic heterocycles. The van der Waals surface area contributed by atoms with Crippen LogP contribution in [0.25, 0.3) is 0 Å². The van der Waals surface area contributed by atoms with Crippen LogP contribution >= 0.6 is 0 Å². The fraction of sp³-hybridized carbons (Fsp3) is 0.533. The topological polar surface area (TPSA) is 74.7 Å². The van der Waals surface area contributed by atoms with Crippen molar-refractivity contribution >= 4 is 16.0 Å². The van der Waals surface area contributed by atoms with Crippen LogP contribution in [0.1, 0.15) is 32.8 Å². The predicted octanol–water partition coefficient (Wildman–Crippen LogP) is 2.37. The Kier molecular flexibility index (Phi) is 5.53. The summed E-state index contributed by atoms with van der Waals surface area (Å²) in [5.74, 6) is -0.864. The molecule has 0 heterocycles. The summed E-state index contributed by atoms with van der Waals surface area (Å²) in [5, 5.41) is 8.64. The smallest absolute Gasteiger partial charge is 0.303 e. The number of aliphatic carboxylic acids is 1. The number of benzene rings is 1. The molecule has 5 nitrogen and oxygen atoms in total. The van der Waals surface area contributed by atoms with Crippen LogP contribution in [0.2, 0.25) is 0 Å². The highest BCUT2D eigenvalue weighted by Gasteiger charge is 2.25. The van der Waals surface area contributed by atoms with Crippen LogP contribution in [-0.2, 0) is 21.2 Å². The molecule has 1 rings (SSSR count). The van der Waals surface area contributed by atoms with Gasteiger partial charge in [0.1, 0.15) is 0 Å². The van der Waals surface area contributed by atoms with Gasteiger partial charge in [-0.1, -0.05) is 32.9 Å². The predicted molar refractivity (Wildman–Crippen MR) is 81.7 cm³/mol. The maximum absolute atomic E-state index is 12.4. The van der Waals surface area contributed by atoms with Crippen molar-refractivity contribution in [1.29, 1.82) is 0 Å². The summed E-state index contributed by atoms with van der Waals surface area (Å²) in [6.45, 7) is 6.37. The third kappa shape index (κ3) is 5.47. The highest BCUT2D eigenvalue weighted by Crippen LogP contribution is 2.21. The Morgan fingerprint density at radius 2 is 1.71 bits per heavy atom. The highest BCUT2D eigenvalue weighted by atomic mass is 32.2. The monoisotopic (exact) mass is 313 g/mol. The van der Waals surface area contributed by atoms with Gasteiger partial charge in [0.05, 0.1) is 4.90 Å². The Hall–Kier alpha value is -1.40. The maximum Gasteiger partial charge on any atom is 0.303 e. The van der Waals surface area contributed by atoms with Gasteiger partial charge in [-0.25, -0.2) is 12.7 Å². The Balaban J connectivity index is 2.87. The molecule has 1 aromatic rings. The third-order valence-corrected chi connectivity index (χ3v) is 4.77. The van der Waals surface area contributed by atoms with E-state index < -0.39 is 16.0 Å². The van der Waals surface area contributed by atoms with Gasteiger partial charge in [0.25, 0.3) is 0 Å². The average molecular weight is 313 g/mol. The summed E-state index contributed by atoms with van der Waals surface area (Å²) < 4.78 is 26.2. The van der Waals surface area contributed by atoms with E-state index in [-0.39, 0.29) is 16.7 Å². The number of hydrogen-bond donors (Lipinski definition) is 1. The summed E-state index contributed by atoms with van der Waals surface area (Å²) in [6, 6.07) is 6.40. The number of rotatable bonds is 6. The summed E-state index contributed by atoms with van der Waals surface area (Å²) >= 11 is 0. The van der Waals surface area contributed by atoms with E-state index in [0.717, 1.165) is 5.56 Å². The van der Waals surface area contributed by atoms with Gasteiger partial charge in [0.2, 0.25) is 10.0 Å². The SMILES string of the molecule is CN(CC(C)(C)C)S(=O)(=O)c1ccc(CCC(=O)O)cc1. The molecule has 0 bridgehead atoms. The lowest BCUT2D eigenvalue weighted by atomic mass is 9.97. The first kappa shape index (κ1) is 17.7. The summed E-state index contributed by atoms with van der Waals surface area (Å²) in [6.07, 6.45) is 0.434. The van der Waals surface area contributed by atoms with Crippen molar-refractivity contribution in [2.45, 2.75) is 38.5 Å². The minimum Gasteiger partial charge on any atom is -0.481 e. The fourth-order valence-electron chi connectivity index (χ4n) is 2.01. The van der Waals surface area contributed by atoms with Gasteiger partial charge < -0.3 is 5.11 Å².